The zero-order chi connectivity index (χ0) is 18.1. The number of halogens is 1. The van der Waals surface area contributed by atoms with Gasteiger partial charge in [0.2, 0.25) is 0 Å². The maximum absolute atomic E-state index is 12.6. The van der Waals surface area contributed by atoms with Gasteiger partial charge in [0, 0.05) is 22.8 Å². The van der Waals surface area contributed by atoms with Crippen molar-refractivity contribution < 1.29 is 4.79 Å². The summed E-state index contributed by atoms with van der Waals surface area (Å²) in [5.74, 6) is 0.676. The molecule has 0 atom stereocenters. The Kier molecular flexibility index (Phi) is 4.76. The van der Waals surface area contributed by atoms with Crippen LogP contribution in [0.2, 0.25) is 0 Å². The first-order valence-corrected chi connectivity index (χ1v) is 8.82. The van der Waals surface area contributed by atoms with E-state index < -0.39 is 0 Å². The van der Waals surface area contributed by atoms with E-state index in [2.05, 4.69) is 36.5 Å². The fourth-order valence-electron chi connectivity index (χ4n) is 2.68. The molecule has 0 aliphatic carbocycles. The number of anilines is 1. The van der Waals surface area contributed by atoms with Crippen molar-refractivity contribution >= 4 is 27.7 Å². The first-order valence-electron chi connectivity index (χ1n) is 8.03. The van der Waals surface area contributed by atoms with Gasteiger partial charge in [0.1, 0.15) is 5.82 Å². The molecule has 0 fully saturated rings. The third-order valence-corrected chi connectivity index (χ3v) is 4.57. The first-order chi connectivity index (χ1) is 11.9. The lowest BCUT2D eigenvalue weighted by atomic mass is 10.1. The Labute approximate surface area is 154 Å². The summed E-state index contributed by atoms with van der Waals surface area (Å²) in [6.07, 6.45) is 0. The molecule has 2 heterocycles. The Balaban J connectivity index is 1.94. The maximum Gasteiger partial charge on any atom is 0.277 e. The number of aromatic amines is 1. The van der Waals surface area contributed by atoms with Gasteiger partial charge in [0.15, 0.2) is 5.69 Å². The van der Waals surface area contributed by atoms with Crippen molar-refractivity contribution in [2.75, 3.05) is 5.32 Å². The summed E-state index contributed by atoms with van der Waals surface area (Å²) in [5, 5.41) is 14.4. The molecule has 0 saturated carbocycles. The molecule has 130 valence electrons. The number of hydrogen-bond acceptors (Lipinski definition) is 3. The molecule has 0 aliphatic heterocycles. The van der Waals surface area contributed by atoms with Crippen molar-refractivity contribution in [3.05, 3.63) is 51.9 Å². The number of carbonyl (C=O) groups is 1. The highest BCUT2D eigenvalue weighted by Gasteiger charge is 2.19. The van der Waals surface area contributed by atoms with E-state index in [9.17, 15) is 4.79 Å². The van der Waals surface area contributed by atoms with Crippen LogP contribution in [-0.4, -0.2) is 25.9 Å². The highest BCUT2D eigenvalue weighted by atomic mass is 79.9. The predicted octanol–water partition coefficient (Wildman–Crippen LogP) is 4.26. The summed E-state index contributed by atoms with van der Waals surface area (Å²) in [7, 11) is 1.81. The van der Waals surface area contributed by atoms with Crippen LogP contribution in [0.3, 0.4) is 0 Å². The Morgan fingerprint density at radius 2 is 1.96 bits per heavy atom. The van der Waals surface area contributed by atoms with E-state index in [1.54, 1.807) is 10.7 Å². The highest BCUT2D eigenvalue weighted by molar-refractivity contribution is 9.10. The van der Waals surface area contributed by atoms with Crippen LogP contribution in [0.1, 0.15) is 41.6 Å². The van der Waals surface area contributed by atoms with Gasteiger partial charge < -0.3 is 5.32 Å². The van der Waals surface area contributed by atoms with Crippen LogP contribution in [0.15, 0.2) is 34.8 Å². The lowest BCUT2D eigenvalue weighted by molar-refractivity contribution is 0.102. The summed E-state index contributed by atoms with van der Waals surface area (Å²) in [6.45, 7) is 6.02. The number of nitrogens with one attached hydrogen (secondary N) is 2. The van der Waals surface area contributed by atoms with Crippen molar-refractivity contribution in [3.8, 4) is 11.1 Å². The molecule has 0 spiro atoms. The molecule has 7 heteroatoms. The monoisotopic (exact) mass is 401 g/mol. The Morgan fingerprint density at radius 3 is 2.56 bits per heavy atom. The summed E-state index contributed by atoms with van der Waals surface area (Å²) >= 11 is 3.44. The Bertz CT molecular complexity index is 908. The number of benzene rings is 1. The van der Waals surface area contributed by atoms with Gasteiger partial charge in [-0.25, -0.2) is 0 Å². The van der Waals surface area contributed by atoms with E-state index in [1.807, 2.05) is 52.1 Å². The SMILES string of the molecule is Cc1nn(C)c(NC(=O)c2cc(C(C)C)[nH]n2)c1-c1ccc(Br)cc1. The molecule has 6 nitrogen and oxygen atoms in total. The molecule has 3 aromatic rings. The summed E-state index contributed by atoms with van der Waals surface area (Å²) in [5.41, 5.74) is 4.05. The lowest BCUT2D eigenvalue weighted by Crippen LogP contribution is -2.15. The van der Waals surface area contributed by atoms with E-state index in [4.69, 9.17) is 0 Å². The molecule has 2 aromatic heterocycles. The topological polar surface area (TPSA) is 75.6 Å². The van der Waals surface area contributed by atoms with Gasteiger partial charge in [-0.3, -0.25) is 14.6 Å². The van der Waals surface area contributed by atoms with Crippen molar-refractivity contribution in [1.82, 2.24) is 20.0 Å². The second-order valence-electron chi connectivity index (χ2n) is 6.26. The third kappa shape index (κ3) is 3.51. The van der Waals surface area contributed by atoms with Gasteiger partial charge >= 0.3 is 0 Å². The van der Waals surface area contributed by atoms with Crippen LogP contribution >= 0.6 is 15.9 Å². The average Bonchev–Trinajstić information content (AvgIpc) is 3.15. The number of hydrogen-bond donors (Lipinski definition) is 2. The number of carbonyl (C=O) groups excluding carboxylic acids is 1. The normalized spacial score (nSPS) is 11.1. The number of amides is 1. The minimum atomic E-state index is -0.260. The largest absolute Gasteiger partial charge is 0.305 e. The van der Waals surface area contributed by atoms with E-state index in [0.29, 0.717) is 11.5 Å². The molecule has 1 amide bonds. The number of nitrogens with zero attached hydrogens (tertiary/aromatic N) is 3. The zero-order valence-electron chi connectivity index (χ0n) is 14.6. The number of aromatic nitrogens is 4. The molecule has 1 aromatic carbocycles. The zero-order valence-corrected chi connectivity index (χ0v) is 16.2. The molecule has 0 saturated heterocycles. The molecule has 0 aliphatic rings. The van der Waals surface area contributed by atoms with Crippen LogP contribution in [-0.2, 0) is 7.05 Å². The van der Waals surface area contributed by atoms with Crippen molar-refractivity contribution in [1.29, 1.82) is 0 Å². The summed E-state index contributed by atoms with van der Waals surface area (Å²) in [4.78, 5) is 12.6. The fraction of sp³-hybridized carbons (Fsp3) is 0.278. The minimum absolute atomic E-state index is 0.260. The smallest absolute Gasteiger partial charge is 0.277 e. The van der Waals surface area contributed by atoms with Gasteiger partial charge in [0.25, 0.3) is 5.91 Å². The quantitative estimate of drug-likeness (QED) is 0.685. The fourth-order valence-corrected chi connectivity index (χ4v) is 2.95. The second-order valence-corrected chi connectivity index (χ2v) is 7.17. The van der Waals surface area contributed by atoms with E-state index in [0.717, 1.165) is 27.0 Å². The molecule has 2 N–H and O–H groups in total. The molecular formula is C18H20BrN5O. The van der Waals surface area contributed by atoms with Gasteiger partial charge in [-0.1, -0.05) is 41.9 Å². The van der Waals surface area contributed by atoms with Crippen LogP contribution in [0.5, 0.6) is 0 Å². The molecule has 3 rings (SSSR count). The van der Waals surface area contributed by atoms with E-state index >= 15 is 0 Å². The van der Waals surface area contributed by atoms with Gasteiger partial charge in [-0.15, -0.1) is 0 Å². The van der Waals surface area contributed by atoms with Gasteiger partial charge in [0.05, 0.1) is 5.69 Å². The van der Waals surface area contributed by atoms with Crippen molar-refractivity contribution in [2.24, 2.45) is 7.05 Å². The van der Waals surface area contributed by atoms with Gasteiger partial charge in [-0.05, 0) is 36.6 Å². The number of aryl methyl sites for hydroxylation is 2. The Morgan fingerprint density at radius 1 is 1.28 bits per heavy atom. The summed E-state index contributed by atoms with van der Waals surface area (Å²) < 4.78 is 2.68. The van der Waals surface area contributed by atoms with E-state index in [1.165, 1.54) is 0 Å². The first kappa shape index (κ1) is 17.4. The van der Waals surface area contributed by atoms with E-state index in [-0.39, 0.29) is 11.8 Å². The molecule has 25 heavy (non-hydrogen) atoms. The van der Waals surface area contributed by atoms with Crippen LogP contribution < -0.4 is 5.32 Å². The third-order valence-electron chi connectivity index (χ3n) is 4.04. The van der Waals surface area contributed by atoms with Crippen molar-refractivity contribution in [3.63, 3.8) is 0 Å². The van der Waals surface area contributed by atoms with Crippen LogP contribution in [0.4, 0.5) is 5.82 Å². The van der Waals surface area contributed by atoms with Crippen LogP contribution in [0.25, 0.3) is 11.1 Å². The molecule has 0 unspecified atom stereocenters. The standard InChI is InChI=1S/C18H20BrN5O/c1-10(2)14-9-15(22-21-14)18(25)20-17-16(11(3)23-24(17)4)12-5-7-13(19)8-6-12/h5-10H,1-4H3,(H,20,25)(H,21,22). The average molecular weight is 402 g/mol. The number of rotatable bonds is 4. The predicted molar refractivity (Wildman–Crippen MR) is 102 cm³/mol. The Hall–Kier alpha value is -2.41. The van der Waals surface area contributed by atoms with Gasteiger partial charge in [-0.2, -0.15) is 10.2 Å². The second kappa shape index (κ2) is 6.84. The highest BCUT2D eigenvalue weighted by Crippen LogP contribution is 2.32. The number of H-pyrrole nitrogens is 1. The lowest BCUT2D eigenvalue weighted by Gasteiger charge is -2.08. The minimum Gasteiger partial charge on any atom is -0.305 e. The maximum atomic E-state index is 12.6. The molecular weight excluding hydrogens is 382 g/mol. The molecule has 0 bridgehead atoms. The van der Waals surface area contributed by atoms with Crippen LogP contribution in [0, 0.1) is 6.92 Å². The molecule has 0 radical (unpaired) electrons. The summed E-state index contributed by atoms with van der Waals surface area (Å²) in [6, 6.07) is 9.71. The van der Waals surface area contributed by atoms with Crippen molar-refractivity contribution in [2.45, 2.75) is 26.7 Å².